The van der Waals surface area contributed by atoms with Gasteiger partial charge >= 0.3 is 6.03 Å². The molecule has 2 atom stereocenters. The van der Waals surface area contributed by atoms with Crippen LogP contribution < -0.4 is 15.0 Å². The molecule has 25 heavy (non-hydrogen) atoms. The quantitative estimate of drug-likeness (QED) is 0.800. The van der Waals surface area contributed by atoms with E-state index in [9.17, 15) is 4.79 Å². The first kappa shape index (κ1) is 16.3. The van der Waals surface area contributed by atoms with E-state index in [1.54, 1.807) is 4.90 Å². The maximum absolute atomic E-state index is 12.8. The van der Waals surface area contributed by atoms with Crippen LogP contribution in [0.25, 0.3) is 0 Å². The first-order chi connectivity index (χ1) is 11.9. The number of rotatable bonds is 2. The van der Waals surface area contributed by atoms with Crippen LogP contribution in [0.1, 0.15) is 50.3 Å². The van der Waals surface area contributed by atoms with Crippen molar-refractivity contribution in [2.75, 3.05) is 4.90 Å². The van der Waals surface area contributed by atoms with Gasteiger partial charge in [0.2, 0.25) is 0 Å². The molecule has 1 saturated heterocycles. The highest BCUT2D eigenvalue weighted by molar-refractivity contribution is 6.30. The molecule has 1 fully saturated rings. The van der Waals surface area contributed by atoms with E-state index in [2.05, 4.69) is 31.3 Å². The van der Waals surface area contributed by atoms with Crippen LogP contribution in [0.15, 0.2) is 42.5 Å². The number of anilines is 1. The average Bonchev–Trinajstić information content (AvgIpc) is 2.55. The standard InChI is InChI=1S/C20H21ClN2O2/c1-12(2)13-4-7-15(8-5-13)23-19(24)22-17-11-20(23,3)25-18-9-6-14(21)10-16(17)18/h4-10,12,17H,11H2,1-3H3,(H,22,24). The number of ether oxygens (including phenoxy) is 1. The van der Waals surface area contributed by atoms with E-state index in [1.807, 2.05) is 37.3 Å². The van der Waals surface area contributed by atoms with Gasteiger partial charge in [0.25, 0.3) is 0 Å². The molecule has 130 valence electrons. The third kappa shape index (κ3) is 2.65. The van der Waals surface area contributed by atoms with Crippen molar-refractivity contribution in [3.05, 3.63) is 58.6 Å². The maximum atomic E-state index is 12.8. The van der Waals surface area contributed by atoms with Crippen LogP contribution in [-0.4, -0.2) is 11.8 Å². The Bertz CT molecular complexity index is 834. The lowest BCUT2D eigenvalue weighted by Crippen LogP contribution is -2.65. The van der Waals surface area contributed by atoms with Crippen molar-refractivity contribution in [2.24, 2.45) is 0 Å². The SMILES string of the molecule is CC(C)c1ccc(N2C(=O)NC3CC2(C)Oc2ccc(Cl)cc23)cc1. The second kappa shape index (κ2) is 5.67. The Hall–Kier alpha value is -2.20. The van der Waals surface area contributed by atoms with E-state index >= 15 is 0 Å². The fraction of sp³-hybridized carbons (Fsp3) is 0.350. The lowest BCUT2D eigenvalue weighted by atomic mass is 9.90. The van der Waals surface area contributed by atoms with E-state index in [0.29, 0.717) is 17.4 Å². The van der Waals surface area contributed by atoms with Crippen molar-refractivity contribution in [2.45, 2.75) is 44.9 Å². The largest absolute Gasteiger partial charge is 0.467 e. The molecule has 2 bridgehead atoms. The van der Waals surface area contributed by atoms with Gasteiger partial charge in [0, 0.05) is 22.7 Å². The summed E-state index contributed by atoms with van der Waals surface area (Å²) in [5.41, 5.74) is 2.29. The van der Waals surface area contributed by atoms with Crippen molar-refractivity contribution < 1.29 is 9.53 Å². The van der Waals surface area contributed by atoms with Gasteiger partial charge in [-0.25, -0.2) is 4.79 Å². The predicted octanol–water partition coefficient (Wildman–Crippen LogP) is 5.23. The Kier molecular flexibility index (Phi) is 3.69. The fourth-order valence-corrected chi connectivity index (χ4v) is 3.93. The number of benzene rings is 2. The molecule has 2 aromatic rings. The summed E-state index contributed by atoms with van der Waals surface area (Å²) >= 11 is 6.11. The molecule has 0 aliphatic carbocycles. The number of carbonyl (C=O) groups excluding carboxylic acids is 1. The molecule has 0 saturated carbocycles. The minimum absolute atomic E-state index is 0.0915. The van der Waals surface area contributed by atoms with Gasteiger partial charge in [-0.2, -0.15) is 0 Å². The Morgan fingerprint density at radius 1 is 1.24 bits per heavy atom. The zero-order chi connectivity index (χ0) is 17.8. The van der Waals surface area contributed by atoms with Crippen LogP contribution in [0.2, 0.25) is 5.02 Å². The maximum Gasteiger partial charge on any atom is 0.325 e. The van der Waals surface area contributed by atoms with Crippen molar-refractivity contribution in [3.63, 3.8) is 0 Å². The number of hydrogen-bond donors (Lipinski definition) is 1. The summed E-state index contributed by atoms with van der Waals surface area (Å²) < 4.78 is 6.27. The number of fused-ring (bicyclic) bond motifs is 4. The molecule has 1 N–H and O–H groups in total. The average molecular weight is 357 g/mol. The molecular weight excluding hydrogens is 336 g/mol. The van der Waals surface area contributed by atoms with Gasteiger partial charge in [0.05, 0.1) is 6.04 Å². The lowest BCUT2D eigenvalue weighted by Gasteiger charge is -2.50. The van der Waals surface area contributed by atoms with E-state index in [0.717, 1.165) is 17.0 Å². The molecule has 4 rings (SSSR count). The first-order valence-electron chi connectivity index (χ1n) is 8.56. The van der Waals surface area contributed by atoms with Crippen LogP contribution in [0.5, 0.6) is 5.75 Å². The number of hydrogen-bond acceptors (Lipinski definition) is 2. The third-order valence-corrected chi connectivity index (χ3v) is 5.29. The molecule has 5 heteroatoms. The molecule has 2 aliphatic heterocycles. The molecule has 4 nitrogen and oxygen atoms in total. The summed E-state index contributed by atoms with van der Waals surface area (Å²) in [6, 6.07) is 13.4. The highest BCUT2D eigenvalue weighted by atomic mass is 35.5. The summed E-state index contributed by atoms with van der Waals surface area (Å²) in [6.07, 6.45) is 0.665. The Labute approximate surface area is 152 Å². The zero-order valence-electron chi connectivity index (χ0n) is 14.5. The number of urea groups is 1. The predicted molar refractivity (Wildman–Crippen MR) is 99.4 cm³/mol. The highest BCUT2D eigenvalue weighted by Crippen LogP contribution is 2.46. The van der Waals surface area contributed by atoms with Gasteiger partial charge in [0.15, 0.2) is 5.72 Å². The topological polar surface area (TPSA) is 41.6 Å². The molecule has 2 heterocycles. The normalized spacial score (nSPS) is 24.6. The van der Waals surface area contributed by atoms with Gasteiger partial charge < -0.3 is 10.1 Å². The molecular formula is C20H21ClN2O2. The number of amides is 2. The molecule has 2 aliphatic rings. The molecule has 2 amide bonds. The van der Waals surface area contributed by atoms with Crippen LogP contribution in [0, 0.1) is 0 Å². The van der Waals surface area contributed by atoms with Gasteiger partial charge in [-0.3, -0.25) is 4.90 Å². The second-order valence-corrected chi connectivity index (χ2v) is 7.68. The molecule has 2 unspecified atom stereocenters. The number of nitrogens with one attached hydrogen (secondary N) is 1. The summed E-state index contributed by atoms with van der Waals surface area (Å²) in [6.45, 7) is 6.27. The van der Waals surface area contributed by atoms with Crippen LogP contribution >= 0.6 is 11.6 Å². The van der Waals surface area contributed by atoms with Crippen molar-refractivity contribution in [1.29, 1.82) is 0 Å². The minimum Gasteiger partial charge on any atom is -0.467 e. The summed E-state index contributed by atoms with van der Waals surface area (Å²) in [4.78, 5) is 14.5. The van der Waals surface area contributed by atoms with Crippen molar-refractivity contribution in [1.82, 2.24) is 5.32 Å². The summed E-state index contributed by atoms with van der Waals surface area (Å²) in [7, 11) is 0. The fourth-order valence-electron chi connectivity index (χ4n) is 3.74. The Morgan fingerprint density at radius 2 is 1.96 bits per heavy atom. The van der Waals surface area contributed by atoms with Crippen LogP contribution in [0.3, 0.4) is 0 Å². The van der Waals surface area contributed by atoms with E-state index in [-0.39, 0.29) is 12.1 Å². The van der Waals surface area contributed by atoms with Crippen LogP contribution in [-0.2, 0) is 0 Å². The van der Waals surface area contributed by atoms with Gasteiger partial charge in [0.1, 0.15) is 5.75 Å². The molecule has 0 aromatic heterocycles. The molecule has 0 radical (unpaired) electrons. The van der Waals surface area contributed by atoms with Crippen molar-refractivity contribution >= 4 is 23.3 Å². The monoisotopic (exact) mass is 356 g/mol. The van der Waals surface area contributed by atoms with Gasteiger partial charge in [-0.05, 0) is 48.7 Å². The van der Waals surface area contributed by atoms with Gasteiger partial charge in [-0.1, -0.05) is 37.6 Å². The second-order valence-electron chi connectivity index (χ2n) is 7.25. The smallest absolute Gasteiger partial charge is 0.325 e. The summed E-state index contributed by atoms with van der Waals surface area (Å²) in [5.74, 6) is 1.22. The van der Waals surface area contributed by atoms with Gasteiger partial charge in [-0.15, -0.1) is 0 Å². The number of nitrogens with zero attached hydrogens (tertiary/aromatic N) is 1. The third-order valence-electron chi connectivity index (χ3n) is 5.05. The first-order valence-corrected chi connectivity index (χ1v) is 8.94. The molecule has 2 aromatic carbocycles. The van der Waals surface area contributed by atoms with E-state index < -0.39 is 5.72 Å². The van der Waals surface area contributed by atoms with Crippen LogP contribution in [0.4, 0.5) is 10.5 Å². The number of halogens is 1. The number of carbonyl (C=O) groups is 1. The minimum atomic E-state index is -0.729. The Balaban J connectivity index is 1.73. The highest BCUT2D eigenvalue weighted by Gasteiger charge is 2.49. The van der Waals surface area contributed by atoms with E-state index in [4.69, 9.17) is 16.3 Å². The Morgan fingerprint density at radius 3 is 2.64 bits per heavy atom. The molecule has 0 spiro atoms. The van der Waals surface area contributed by atoms with E-state index in [1.165, 1.54) is 5.56 Å². The zero-order valence-corrected chi connectivity index (χ0v) is 15.3. The lowest BCUT2D eigenvalue weighted by molar-refractivity contribution is 0.0379. The van der Waals surface area contributed by atoms with Crippen molar-refractivity contribution in [3.8, 4) is 5.75 Å². The summed E-state index contributed by atoms with van der Waals surface area (Å²) in [5, 5.41) is 3.74.